The minimum absolute atomic E-state index is 0.184. The molecule has 0 bridgehead atoms. The first kappa shape index (κ1) is 17.9. The number of hydrogen-bond acceptors (Lipinski definition) is 4. The van der Waals surface area contributed by atoms with Gasteiger partial charge >= 0.3 is 0 Å². The second-order valence-corrected chi connectivity index (χ2v) is 6.42. The molecule has 0 radical (unpaired) electrons. The number of hydrogen-bond donors (Lipinski definition) is 3. The lowest BCUT2D eigenvalue weighted by Crippen LogP contribution is -2.24. The molecule has 1 aromatic rings. The lowest BCUT2D eigenvalue weighted by Gasteiger charge is -2.15. The Bertz CT molecular complexity index is 500. The minimum atomic E-state index is -1.01. The van der Waals surface area contributed by atoms with Crippen LogP contribution in [0.15, 0.2) is 24.3 Å². The lowest BCUT2D eigenvalue weighted by molar-refractivity contribution is -0.123. The van der Waals surface area contributed by atoms with Gasteiger partial charge in [-0.15, -0.1) is 0 Å². The fourth-order valence-corrected chi connectivity index (χ4v) is 3.00. The van der Waals surface area contributed by atoms with Crippen LogP contribution in [0.3, 0.4) is 0 Å². The van der Waals surface area contributed by atoms with E-state index in [1.807, 2.05) is 24.3 Å². The summed E-state index contributed by atoms with van der Waals surface area (Å²) in [7, 11) is 0. The summed E-state index contributed by atoms with van der Waals surface area (Å²) in [6, 6.07) is 7.68. The Morgan fingerprint density at radius 1 is 1.35 bits per heavy atom. The topological polar surface area (TPSA) is 78.8 Å². The van der Waals surface area contributed by atoms with Crippen LogP contribution in [0.4, 0.5) is 5.69 Å². The summed E-state index contributed by atoms with van der Waals surface area (Å²) in [6.07, 6.45) is 3.06. The fraction of sp³-hybridized carbons (Fsp3) is 0.611. The summed E-state index contributed by atoms with van der Waals surface area (Å²) in [6.45, 7) is 3.83. The maximum atomic E-state index is 11.4. The van der Waals surface area contributed by atoms with Crippen LogP contribution >= 0.6 is 0 Å². The number of aliphatic hydroxyl groups is 2. The van der Waals surface area contributed by atoms with Gasteiger partial charge in [-0.2, -0.15) is 0 Å². The van der Waals surface area contributed by atoms with E-state index in [2.05, 4.69) is 12.2 Å². The number of anilines is 1. The van der Waals surface area contributed by atoms with E-state index in [9.17, 15) is 9.90 Å². The largest absolute Gasteiger partial charge is 0.396 e. The molecule has 1 aliphatic heterocycles. The van der Waals surface area contributed by atoms with Crippen LogP contribution < -0.4 is 5.32 Å². The SMILES string of the molecule is C[C@H](O)C(=O)Nc1ccc(CC[C@@H]2O[C@H](CCO)C[C@@H]2C)cc1. The van der Waals surface area contributed by atoms with Gasteiger partial charge in [-0.3, -0.25) is 4.79 Å². The number of aryl methyl sites for hydroxylation is 1. The molecule has 0 aromatic heterocycles. The fourth-order valence-electron chi connectivity index (χ4n) is 3.00. The zero-order valence-electron chi connectivity index (χ0n) is 13.9. The maximum Gasteiger partial charge on any atom is 0.252 e. The first-order valence-electron chi connectivity index (χ1n) is 8.33. The predicted molar refractivity (Wildman–Crippen MR) is 89.2 cm³/mol. The average Bonchev–Trinajstić information content (AvgIpc) is 2.86. The first-order chi connectivity index (χ1) is 11.0. The molecule has 5 nitrogen and oxygen atoms in total. The van der Waals surface area contributed by atoms with Crippen LogP contribution in [0.2, 0.25) is 0 Å². The third kappa shape index (κ3) is 5.30. The van der Waals surface area contributed by atoms with E-state index >= 15 is 0 Å². The summed E-state index contributed by atoms with van der Waals surface area (Å²) in [5, 5.41) is 20.8. The van der Waals surface area contributed by atoms with Crippen molar-refractivity contribution in [2.75, 3.05) is 11.9 Å². The van der Waals surface area contributed by atoms with E-state index in [1.54, 1.807) is 0 Å². The molecular formula is C18H27NO4. The first-order valence-corrected chi connectivity index (χ1v) is 8.33. The predicted octanol–water partition coefficient (Wildman–Crippen LogP) is 2.11. The van der Waals surface area contributed by atoms with E-state index in [0.29, 0.717) is 11.6 Å². The molecule has 1 aromatic carbocycles. The molecule has 0 unspecified atom stereocenters. The van der Waals surface area contributed by atoms with Crippen molar-refractivity contribution < 1.29 is 19.7 Å². The van der Waals surface area contributed by atoms with Gasteiger partial charge < -0.3 is 20.3 Å². The standard InChI is InChI=1S/C18H27NO4/c1-12-11-16(9-10-20)23-17(12)8-5-14-3-6-15(7-4-14)19-18(22)13(2)21/h3-4,6-7,12-13,16-17,20-21H,5,8-11H2,1-2H3,(H,19,22)/t12-,13-,16+,17-/m0/s1. The Morgan fingerprint density at radius 2 is 2.04 bits per heavy atom. The third-order valence-electron chi connectivity index (χ3n) is 4.41. The van der Waals surface area contributed by atoms with E-state index < -0.39 is 12.0 Å². The third-order valence-corrected chi connectivity index (χ3v) is 4.41. The number of nitrogens with one attached hydrogen (secondary N) is 1. The Morgan fingerprint density at radius 3 is 2.65 bits per heavy atom. The van der Waals surface area contributed by atoms with E-state index in [4.69, 9.17) is 9.84 Å². The number of benzene rings is 1. The summed E-state index contributed by atoms with van der Waals surface area (Å²) in [5.74, 6) is 0.122. The Kier molecular flexibility index (Phi) is 6.57. The molecule has 1 fully saturated rings. The summed E-state index contributed by atoms with van der Waals surface area (Å²) in [4.78, 5) is 11.4. The second-order valence-electron chi connectivity index (χ2n) is 6.42. The van der Waals surface area contributed by atoms with Gasteiger partial charge in [-0.1, -0.05) is 19.1 Å². The van der Waals surface area contributed by atoms with Gasteiger partial charge in [0.15, 0.2) is 0 Å². The van der Waals surface area contributed by atoms with E-state index in [0.717, 1.165) is 25.7 Å². The van der Waals surface area contributed by atoms with Crippen molar-refractivity contribution in [1.82, 2.24) is 0 Å². The highest BCUT2D eigenvalue weighted by molar-refractivity contribution is 5.93. The number of amides is 1. The lowest BCUT2D eigenvalue weighted by atomic mass is 9.96. The van der Waals surface area contributed by atoms with Crippen LogP contribution in [0.1, 0.15) is 38.7 Å². The molecule has 1 saturated heterocycles. The molecular weight excluding hydrogens is 294 g/mol. The quantitative estimate of drug-likeness (QED) is 0.719. The van der Waals surface area contributed by atoms with Crippen LogP contribution in [0.5, 0.6) is 0 Å². The van der Waals surface area contributed by atoms with Crippen molar-refractivity contribution in [2.24, 2.45) is 5.92 Å². The summed E-state index contributed by atoms with van der Waals surface area (Å²) in [5.41, 5.74) is 1.88. The van der Waals surface area contributed by atoms with Gasteiger partial charge in [-0.25, -0.2) is 0 Å². The minimum Gasteiger partial charge on any atom is -0.396 e. The Balaban J connectivity index is 1.81. The molecule has 2 rings (SSSR count). The van der Waals surface area contributed by atoms with Gasteiger partial charge in [0, 0.05) is 12.3 Å². The summed E-state index contributed by atoms with van der Waals surface area (Å²) >= 11 is 0. The van der Waals surface area contributed by atoms with Crippen LogP contribution in [-0.2, 0) is 16.0 Å². The monoisotopic (exact) mass is 321 g/mol. The molecule has 0 aliphatic carbocycles. The number of carbonyl (C=O) groups excluding carboxylic acids is 1. The van der Waals surface area contributed by atoms with Gasteiger partial charge in [0.05, 0.1) is 12.2 Å². The highest BCUT2D eigenvalue weighted by Crippen LogP contribution is 2.30. The average molecular weight is 321 g/mol. The molecule has 4 atom stereocenters. The Hall–Kier alpha value is -1.43. The Labute approximate surface area is 137 Å². The van der Waals surface area contributed by atoms with Crippen LogP contribution in [-0.4, -0.2) is 41.0 Å². The van der Waals surface area contributed by atoms with Gasteiger partial charge in [0.25, 0.3) is 5.91 Å². The molecule has 23 heavy (non-hydrogen) atoms. The number of rotatable bonds is 7. The molecule has 1 aliphatic rings. The van der Waals surface area contributed by atoms with Crippen LogP contribution in [0, 0.1) is 5.92 Å². The zero-order chi connectivity index (χ0) is 16.8. The number of carbonyl (C=O) groups is 1. The van der Waals surface area contributed by atoms with Crippen molar-refractivity contribution in [3.05, 3.63) is 29.8 Å². The molecule has 1 amide bonds. The van der Waals surface area contributed by atoms with Crippen molar-refractivity contribution in [1.29, 1.82) is 0 Å². The molecule has 128 valence electrons. The van der Waals surface area contributed by atoms with Gasteiger partial charge in [0.2, 0.25) is 0 Å². The van der Waals surface area contributed by atoms with Crippen molar-refractivity contribution in [2.45, 2.75) is 57.8 Å². The molecule has 5 heteroatoms. The van der Waals surface area contributed by atoms with Crippen molar-refractivity contribution >= 4 is 11.6 Å². The van der Waals surface area contributed by atoms with E-state index in [-0.39, 0.29) is 18.8 Å². The molecule has 3 N–H and O–H groups in total. The van der Waals surface area contributed by atoms with Crippen LogP contribution in [0.25, 0.3) is 0 Å². The summed E-state index contributed by atoms with van der Waals surface area (Å²) < 4.78 is 5.99. The molecule has 0 saturated carbocycles. The van der Waals surface area contributed by atoms with E-state index in [1.165, 1.54) is 12.5 Å². The van der Waals surface area contributed by atoms with Gasteiger partial charge in [0.1, 0.15) is 6.10 Å². The van der Waals surface area contributed by atoms with Crippen molar-refractivity contribution in [3.8, 4) is 0 Å². The highest BCUT2D eigenvalue weighted by Gasteiger charge is 2.31. The maximum absolute atomic E-state index is 11.4. The normalized spacial score (nSPS) is 25.3. The molecule has 0 spiro atoms. The second kappa shape index (κ2) is 8.43. The van der Waals surface area contributed by atoms with Crippen molar-refractivity contribution in [3.63, 3.8) is 0 Å². The number of aliphatic hydroxyl groups excluding tert-OH is 2. The zero-order valence-corrected chi connectivity index (χ0v) is 13.9. The molecule has 1 heterocycles. The smallest absolute Gasteiger partial charge is 0.252 e. The highest BCUT2D eigenvalue weighted by atomic mass is 16.5. The van der Waals surface area contributed by atoms with Gasteiger partial charge in [-0.05, 0) is 56.2 Å². The number of ether oxygens (including phenoxy) is 1.